The second-order valence-corrected chi connectivity index (χ2v) is 8.39. The van der Waals surface area contributed by atoms with E-state index in [0.717, 1.165) is 23.6 Å². The number of amides is 1. The molecule has 0 bridgehead atoms. The molecular formula is C22H17N3O3S2. The average Bonchev–Trinajstić information content (AvgIpc) is 3.14. The van der Waals surface area contributed by atoms with Gasteiger partial charge in [0.05, 0.1) is 16.3 Å². The summed E-state index contributed by atoms with van der Waals surface area (Å²) in [6.07, 6.45) is 2.47. The largest absolute Gasteiger partial charge is 0.298 e. The van der Waals surface area contributed by atoms with Crippen LogP contribution in [-0.4, -0.2) is 25.9 Å². The fraction of sp³-hybridized carbons (Fsp3) is 0.0909. The van der Waals surface area contributed by atoms with Crippen molar-refractivity contribution in [1.82, 2.24) is 9.36 Å². The van der Waals surface area contributed by atoms with Crippen LogP contribution in [0.2, 0.25) is 0 Å². The van der Waals surface area contributed by atoms with Crippen LogP contribution < -0.4 is 10.5 Å². The fourth-order valence-corrected chi connectivity index (χ4v) is 4.57. The molecule has 1 aliphatic rings. The Labute approximate surface area is 182 Å². The average molecular weight is 436 g/mol. The number of para-hydroxylation sites is 1. The van der Waals surface area contributed by atoms with Crippen LogP contribution in [0.1, 0.15) is 21.6 Å². The van der Waals surface area contributed by atoms with Crippen molar-refractivity contribution in [2.24, 2.45) is 7.05 Å². The van der Waals surface area contributed by atoms with Crippen LogP contribution in [0.15, 0.2) is 64.3 Å². The first-order valence-electron chi connectivity index (χ1n) is 9.09. The summed E-state index contributed by atoms with van der Waals surface area (Å²) in [5.74, 6) is -0.338. The number of aromatic nitrogens is 2. The Hall–Kier alpha value is -3.23. The summed E-state index contributed by atoms with van der Waals surface area (Å²) < 4.78 is 3.54. The van der Waals surface area contributed by atoms with Gasteiger partial charge in [0.15, 0.2) is 4.32 Å². The van der Waals surface area contributed by atoms with Crippen molar-refractivity contribution in [3.05, 3.63) is 86.7 Å². The molecular weight excluding hydrogens is 418 g/mol. The summed E-state index contributed by atoms with van der Waals surface area (Å²) in [5, 5.41) is 0. The number of carbonyl (C=O) groups excluding carboxylic acids is 2. The highest BCUT2D eigenvalue weighted by Crippen LogP contribution is 2.36. The van der Waals surface area contributed by atoms with Crippen LogP contribution in [0, 0.1) is 6.92 Å². The van der Waals surface area contributed by atoms with Crippen molar-refractivity contribution in [3.63, 3.8) is 0 Å². The summed E-state index contributed by atoms with van der Waals surface area (Å²) in [6, 6.07) is 16.1. The molecule has 1 aromatic heterocycles. The summed E-state index contributed by atoms with van der Waals surface area (Å²) in [4.78, 5) is 38.9. The Bertz CT molecular complexity index is 1260. The molecule has 1 saturated heterocycles. The number of hydrogen-bond donors (Lipinski definition) is 0. The Balaban J connectivity index is 1.76. The normalized spacial score (nSPS) is 15.3. The minimum absolute atomic E-state index is 0.253. The van der Waals surface area contributed by atoms with Gasteiger partial charge < -0.3 is 0 Å². The molecule has 2 heterocycles. The van der Waals surface area contributed by atoms with Crippen LogP contribution in [0.3, 0.4) is 0 Å². The third-order valence-corrected chi connectivity index (χ3v) is 6.21. The molecule has 1 aliphatic heterocycles. The number of anilines is 1. The molecule has 30 heavy (non-hydrogen) atoms. The smallest absolute Gasteiger partial charge is 0.296 e. The monoisotopic (exact) mass is 435 g/mol. The predicted octanol–water partition coefficient (Wildman–Crippen LogP) is 3.70. The Morgan fingerprint density at radius 2 is 1.60 bits per heavy atom. The van der Waals surface area contributed by atoms with Crippen molar-refractivity contribution in [2.75, 3.05) is 4.90 Å². The van der Waals surface area contributed by atoms with E-state index in [1.165, 1.54) is 9.58 Å². The van der Waals surface area contributed by atoms with E-state index in [4.69, 9.17) is 12.2 Å². The minimum atomic E-state index is -0.338. The molecule has 0 saturated carbocycles. The van der Waals surface area contributed by atoms with Crippen molar-refractivity contribution >= 4 is 52.3 Å². The molecule has 6 nitrogen and oxygen atoms in total. The summed E-state index contributed by atoms with van der Waals surface area (Å²) in [7, 11) is 1.77. The zero-order valence-electron chi connectivity index (χ0n) is 16.2. The zero-order chi connectivity index (χ0) is 21.4. The van der Waals surface area contributed by atoms with Gasteiger partial charge in [-0.25, -0.2) is 4.68 Å². The first-order chi connectivity index (χ1) is 14.4. The lowest BCUT2D eigenvalue weighted by Crippen LogP contribution is -2.33. The lowest BCUT2D eigenvalue weighted by molar-refractivity contribution is -0.113. The van der Waals surface area contributed by atoms with E-state index in [1.807, 2.05) is 30.3 Å². The lowest BCUT2D eigenvalue weighted by Gasteiger charge is -2.12. The Morgan fingerprint density at radius 1 is 0.967 bits per heavy atom. The third kappa shape index (κ3) is 3.34. The molecule has 2 aromatic carbocycles. The fourth-order valence-electron chi connectivity index (χ4n) is 3.29. The number of aldehydes is 1. The van der Waals surface area contributed by atoms with Gasteiger partial charge in [0.1, 0.15) is 12.0 Å². The quantitative estimate of drug-likeness (QED) is 0.355. The van der Waals surface area contributed by atoms with E-state index in [9.17, 15) is 14.4 Å². The van der Waals surface area contributed by atoms with E-state index < -0.39 is 0 Å². The number of rotatable bonds is 4. The number of hydrogen-bond acceptors (Lipinski definition) is 5. The summed E-state index contributed by atoms with van der Waals surface area (Å²) in [6.45, 7) is 1.79. The van der Waals surface area contributed by atoms with Crippen molar-refractivity contribution in [3.8, 4) is 5.69 Å². The first-order valence-corrected chi connectivity index (χ1v) is 10.3. The van der Waals surface area contributed by atoms with Gasteiger partial charge in [0, 0.05) is 12.6 Å². The second-order valence-electron chi connectivity index (χ2n) is 6.71. The predicted molar refractivity (Wildman–Crippen MR) is 123 cm³/mol. The SMILES string of the molecule is Cc1c(N2C(=O)/C(=C\c3ccc(C=O)cc3)SC2=S)c(=O)n(-c2ccccc2)n1C. The Morgan fingerprint density at radius 3 is 2.23 bits per heavy atom. The van der Waals surface area contributed by atoms with Gasteiger partial charge >= 0.3 is 0 Å². The molecule has 0 radical (unpaired) electrons. The van der Waals surface area contributed by atoms with Gasteiger partial charge in [-0.15, -0.1) is 0 Å². The molecule has 0 aliphatic carbocycles. The number of benzene rings is 2. The summed E-state index contributed by atoms with van der Waals surface area (Å²) >= 11 is 6.60. The molecule has 150 valence electrons. The second kappa shape index (κ2) is 7.89. The minimum Gasteiger partial charge on any atom is -0.298 e. The standard InChI is InChI=1S/C22H17N3O3S2/c1-14-19(21(28)25(23(14)2)17-6-4-3-5-7-17)24-20(27)18(30-22(24)29)12-15-8-10-16(13-26)11-9-15/h3-13H,1-2H3/b18-12+. The molecule has 0 atom stereocenters. The molecule has 1 fully saturated rings. The van der Waals surface area contributed by atoms with E-state index in [2.05, 4.69) is 0 Å². The highest BCUT2D eigenvalue weighted by atomic mass is 32.2. The van der Waals surface area contributed by atoms with Crippen molar-refractivity contribution in [2.45, 2.75) is 6.92 Å². The highest BCUT2D eigenvalue weighted by molar-refractivity contribution is 8.27. The first kappa shape index (κ1) is 20.1. The number of nitrogens with zero attached hydrogens (tertiary/aromatic N) is 3. The highest BCUT2D eigenvalue weighted by Gasteiger charge is 2.37. The van der Waals surface area contributed by atoms with Gasteiger partial charge in [-0.3, -0.25) is 24.0 Å². The van der Waals surface area contributed by atoms with E-state index in [-0.39, 0.29) is 17.2 Å². The molecule has 0 spiro atoms. The number of thioether (sulfide) groups is 1. The third-order valence-electron chi connectivity index (χ3n) is 4.91. The van der Waals surface area contributed by atoms with Gasteiger partial charge in [0.25, 0.3) is 11.5 Å². The number of thiocarbonyl (C=S) groups is 1. The van der Waals surface area contributed by atoms with E-state index >= 15 is 0 Å². The van der Waals surface area contributed by atoms with Crippen molar-refractivity contribution in [1.29, 1.82) is 0 Å². The molecule has 8 heteroatoms. The van der Waals surface area contributed by atoms with Gasteiger partial charge in [-0.1, -0.05) is 66.4 Å². The maximum atomic E-state index is 13.3. The number of carbonyl (C=O) groups is 2. The molecule has 0 N–H and O–H groups in total. The topological polar surface area (TPSA) is 64.3 Å². The lowest BCUT2D eigenvalue weighted by atomic mass is 10.1. The van der Waals surface area contributed by atoms with E-state index in [1.54, 1.807) is 49.0 Å². The maximum absolute atomic E-state index is 13.3. The van der Waals surface area contributed by atoms with Gasteiger partial charge in [-0.2, -0.15) is 0 Å². The molecule has 3 aromatic rings. The van der Waals surface area contributed by atoms with Crippen LogP contribution >= 0.6 is 24.0 Å². The van der Waals surface area contributed by atoms with Crippen LogP contribution in [0.25, 0.3) is 11.8 Å². The molecule has 4 rings (SSSR count). The molecule has 1 amide bonds. The van der Waals surface area contributed by atoms with E-state index in [0.29, 0.717) is 26.2 Å². The van der Waals surface area contributed by atoms with Crippen LogP contribution in [0.4, 0.5) is 5.69 Å². The summed E-state index contributed by atoms with van der Waals surface area (Å²) in [5.41, 5.74) is 2.61. The zero-order valence-corrected chi connectivity index (χ0v) is 17.9. The maximum Gasteiger partial charge on any atom is 0.296 e. The van der Waals surface area contributed by atoms with Gasteiger partial charge in [0.2, 0.25) is 0 Å². The molecule has 0 unspecified atom stereocenters. The Kier molecular flexibility index (Phi) is 5.27. The van der Waals surface area contributed by atoms with Crippen molar-refractivity contribution < 1.29 is 9.59 Å². The van der Waals surface area contributed by atoms with Gasteiger partial charge in [-0.05, 0) is 30.7 Å². The van der Waals surface area contributed by atoms with Crippen LogP contribution in [0.5, 0.6) is 0 Å². The van der Waals surface area contributed by atoms with Crippen LogP contribution in [-0.2, 0) is 11.8 Å².